The molecule has 0 saturated carbocycles. The fourth-order valence-electron chi connectivity index (χ4n) is 1.70. The predicted octanol–water partition coefficient (Wildman–Crippen LogP) is 3.45. The van der Waals surface area contributed by atoms with Crippen LogP contribution in [0.1, 0.15) is 11.1 Å². The van der Waals surface area contributed by atoms with Crippen molar-refractivity contribution in [1.29, 1.82) is 0 Å². The number of anilines is 1. The second-order valence-corrected chi connectivity index (χ2v) is 5.04. The standard InChI is InChI=1S/C14H12N4S/c1-10-2-4-11(5-3-10)8-17-18-13-12-6-7-19-14(12)16-9-15-13/h2-9H,1H3,(H,15,16,18)/b17-8-. The molecule has 0 unspecified atom stereocenters. The van der Waals surface area contributed by atoms with E-state index in [4.69, 9.17) is 0 Å². The number of hydrazone groups is 1. The number of benzene rings is 1. The quantitative estimate of drug-likeness (QED) is 0.584. The van der Waals surface area contributed by atoms with Crippen LogP contribution in [0.3, 0.4) is 0 Å². The number of nitrogens with one attached hydrogen (secondary N) is 1. The van der Waals surface area contributed by atoms with E-state index in [0.717, 1.165) is 21.6 Å². The molecule has 0 fully saturated rings. The summed E-state index contributed by atoms with van der Waals surface area (Å²) in [5, 5.41) is 7.20. The molecular formula is C14H12N4S. The van der Waals surface area contributed by atoms with Crippen molar-refractivity contribution in [2.45, 2.75) is 6.92 Å². The van der Waals surface area contributed by atoms with Crippen LogP contribution < -0.4 is 5.43 Å². The Bertz CT molecular complexity index is 716. The van der Waals surface area contributed by atoms with Gasteiger partial charge in [-0.05, 0) is 23.9 Å². The molecule has 1 aromatic carbocycles. The average Bonchev–Trinajstić information content (AvgIpc) is 2.90. The number of thiophene rings is 1. The third-order valence-electron chi connectivity index (χ3n) is 2.72. The lowest BCUT2D eigenvalue weighted by molar-refractivity contribution is 1.19. The molecule has 0 aliphatic heterocycles. The number of hydrogen-bond acceptors (Lipinski definition) is 5. The second kappa shape index (κ2) is 5.16. The SMILES string of the molecule is Cc1ccc(/C=N\Nc2ncnc3sccc23)cc1. The molecule has 0 spiro atoms. The Hall–Kier alpha value is -2.27. The molecule has 19 heavy (non-hydrogen) atoms. The first kappa shape index (κ1) is 11.8. The number of hydrogen-bond donors (Lipinski definition) is 1. The number of rotatable bonds is 3. The Balaban J connectivity index is 1.78. The third-order valence-corrected chi connectivity index (χ3v) is 3.54. The van der Waals surface area contributed by atoms with Gasteiger partial charge >= 0.3 is 0 Å². The van der Waals surface area contributed by atoms with Gasteiger partial charge in [-0.25, -0.2) is 9.97 Å². The van der Waals surface area contributed by atoms with Crippen LogP contribution in [0.2, 0.25) is 0 Å². The van der Waals surface area contributed by atoms with Gasteiger partial charge in [0.1, 0.15) is 11.2 Å². The maximum atomic E-state index is 4.21. The average molecular weight is 268 g/mol. The summed E-state index contributed by atoms with van der Waals surface area (Å²) in [7, 11) is 0. The molecule has 5 heteroatoms. The first-order valence-electron chi connectivity index (χ1n) is 5.87. The van der Waals surface area contributed by atoms with Gasteiger partial charge in [0, 0.05) is 0 Å². The van der Waals surface area contributed by atoms with Gasteiger partial charge in [0.05, 0.1) is 11.6 Å². The minimum atomic E-state index is 0.731. The normalized spacial score (nSPS) is 11.2. The Morgan fingerprint density at radius 2 is 2.00 bits per heavy atom. The highest BCUT2D eigenvalue weighted by molar-refractivity contribution is 7.16. The van der Waals surface area contributed by atoms with Crippen LogP contribution in [-0.2, 0) is 0 Å². The van der Waals surface area contributed by atoms with E-state index in [9.17, 15) is 0 Å². The molecule has 0 saturated heterocycles. The van der Waals surface area contributed by atoms with Crippen molar-refractivity contribution >= 4 is 33.6 Å². The number of nitrogens with zero attached hydrogens (tertiary/aromatic N) is 3. The van der Waals surface area contributed by atoms with Crippen molar-refractivity contribution < 1.29 is 0 Å². The van der Waals surface area contributed by atoms with Gasteiger partial charge in [0.25, 0.3) is 0 Å². The zero-order valence-corrected chi connectivity index (χ0v) is 11.2. The van der Waals surface area contributed by atoms with Gasteiger partial charge in [-0.15, -0.1) is 11.3 Å². The molecule has 0 radical (unpaired) electrons. The van der Waals surface area contributed by atoms with Crippen LogP contribution in [0.4, 0.5) is 5.82 Å². The van der Waals surface area contributed by atoms with Crippen molar-refractivity contribution in [2.24, 2.45) is 5.10 Å². The lowest BCUT2D eigenvalue weighted by atomic mass is 10.2. The lowest BCUT2D eigenvalue weighted by Crippen LogP contribution is -1.94. The van der Waals surface area contributed by atoms with E-state index in [-0.39, 0.29) is 0 Å². The Kier molecular flexibility index (Phi) is 3.20. The van der Waals surface area contributed by atoms with Gasteiger partial charge in [-0.1, -0.05) is 29.8 Å². The Labute approximate surface area is 114 Å². The monoisotopic (exact) mass is 268 g/mol. The zero-order valence-electron chi connectivity index (χ0n) is 10.4. The number of aromatic nitrogens is 2. The highest BCUT2D eigenvalue weighted by Crippen LogP contribution is 2.23. The van der Waals surface area contributed by atoms with E-state index in [1.54, 1.807) is 23.9 Å². The molecule has 3 aromatic rings. The Morgan fingerprint density at radius 3 is 2.84 bits per heavy atom. The van der Waals surface area contributed by atoms with E-state index in [2.05, 4.69) is 39.6 Å². The second-order valence-electron chi connectivity index (χ2n) is 4.14. The highest BCUT2D eigenvalue weighted by atomic mass is 32.1. The van der Waals surface area contributed by atoms with Gasteiger partial charge in [0.2, 0.25) is 0 Å². The summed E-state index contributed by atoms with van der Waals surface area (Å²) < 4.78 is 0. The van der Waals surface area contributed by atoms with Crippen LogP contribution in [0, 0.1) is 6.92 Å². The maximum Gasteiger partial charge on any atom is 0.158 e. The van der Waals surface area contributed by atoms with Gasteiger partial charge in [0.15, 0.2) is 5.82 Å². The van der Waals surface area contributed by atoms with Gasteiger partial charge in [-0.3, -0.25) is 5.43 Å². The summed E-state index contributed by atoms with van der Waals surface area (Å²) in [5.74, 6) is 0.731. The minimum Gasteiger partial charge on any atom is -0.261 e. The molecule has 4 nitrogen and oxygen atoms in total. The molecular weight excluding hydrogens is 256 g/mol. The van der Waals surface area contributed by atoms with Crippen molar-refractivity contribution in [2.75, 3.05) is 5.43 Å². The predicted molar refractivity (Wildman–Crippen MR) is 79.8 cm³/mol. The van der Waals surface area contributed by atoms with Gasteiger partial charge < -0.3 is 0 Å². The van der Waals surface area contributed by atoms with E-state index < -0.39 is 0 Å². The van der Waals surface area contributed by atoms with Crippen LogP contribution in [0.5, 0.6) is 0 Å². The highest BCUT2D eigenvalue weighted by Gasteiger charge is 2.02. The lowest BCUT2D eigenvalue weighted by Gasteiger charge is -2.00. The summed E-state index contributed by atoms with van der Waals surface area (Å²) in [6.45, 7) is 2.06. The van der Waals surface area contributed by atoms with Crippen LogP contribution in [0.25, 0.3) is 10.2 Å². The van der Waals surface area contributed by atoms with Crippen molar-refractivity contribution in [3.8, 4) is 0 Å². The summed E-state index contributed by atoms with van der Waals surface area (Å²) >= 11 is 1.59. The van der Waals surface area contributed by atoms with E-state index in [1.165, 1.54) is 5.56 Å². The molecule has 0 aliphatic carbocycles. The molecule has 0 atom stereocenters. The molecule has 0 aliphatic rings. The van der Waals surface area contributed by atoms with E-state index in [1.807, 2.05) is 23.6 Å². The van der Waals surface area contributed by atoms with Crippen LogP contribution in [-0.4, -0.2) is 16.2 Å². The summed E-state index contributed by atoms with van der Waals surface area (Å²) in [4.78, 5) is 9.35. The fourth-order valence-corrected chi connectivity index (χ4v) is 2.43. The van der Waals surface area contributed by atoms with E-state index >= 15 is 0 Å². The number of aryl methyl sites for hydroxylation is 1. The van der Waals surface area contributed by atoms with Crippen molar-refractivity contribution in [1.82, 2.24) is 9.97 Å². The van der Waals surface area contributed by atoms with Crippen molar-refractivity contribution in [3.63, 3.8) is 0 Å². The Morgan fingerprint density at radius 1 is 1.16 bits per heavy atom. The molecule has 1 N–H and O–H groups in total. The summed E-state index contributed by atoms with van der Waals surface area (Å²) in [6, 6.07) is 10.2. The molecule has 0 amide bonds. The van der Waals surface area contributed by atoms with Crippen molar-refractivity contribution in [3.05, 3.63) is 53.2 Å². The van der Waals surface area contributed by atoms with Crippen LogP contribution in [0.15, 0.2) is 47.1 Å². The topological polar surface area (TPSA) is 50.2 Å². The molecule has 2 aromatic heterocycles. The molecule has 0 bridgehead atoms. The molecule has 3 rings (SSSR count). The molecule has 94 valence electrons. The smallest absolute Gasteiger partial charge is 0.158 e. The summed E-state index contributed by atoms with van der Waals surface area (Å²) in [5.41, 5.74) is 5.25. The number of fused-ring (bicyclic) bond motifs is 1. The maximum absolute atomic E-state index is 4.21. The summed E-state index contributed by atoms with van der Waals surface area (Å²) in [6.07, 6.45) is 3.32. The minimum absolute atomic E-state index is 0.731. The first-order chi connectivity index (χ1) is 9.33. The first-order valence-corrected chi connectivity index (χ1v) is 6.75. The van der Waals surface area contributed by atoms with Crippen LogP contribution >= 0.6 is 11.3 Å². The fraction of sp³-hybridized carbons (Fsp3) is 0.0714. The largest absolute Gasteiger partial charge is 0.261 e. The third kappa shape index (κ3) is 2.61. The van der Waals surface area contributed by atoms with Gasteiger partial charge in [-0.2, -0.15) is 5.10 Å². The zero-order chi connectivity index (χ0) is 13.1. The molecule has 2 heterocycles. The van der Waals surface area contributed by atoms with E-state index in [0.29, 0.717) is 0 Å².